The molecule has 1 aliphatic rings. The Balaban J connectivity index is 0.00000400. The second-order valence-corrected chi connectivity index (χ2v) is 5.74. The van der Waals surface area contributed by atoms with Crippen LogP contribution >= 0.6 is 24.0 Å². The van der Waals surface area contributed by atoms with Crippen LogP contribution in [-0.2, 0) is 0 Å². The molecule has 0 aromatic rings. The summed E-state index contributed by atoms with van der Waals surface area (Å²) in [5.74, 6) is 1.78. The van der Waals surface area contributed by atoms with Crippen LogP contribution in [0, 0.1) is 5.92 Å². The Kier molecular flexibility index (Phi) is 12.1. The maximum Gasteiger partial charge on any atom is 0.193 e. The highest BCUT2D eigenvalue weighted by Gasteiger charge is 2.21. The van der Waals surface area contributed by atoms with Crippen LogP contribution in [0.15, 0.2) is 17.6 Å². The van der Waals surface area contributed by atoms with E-state index in [9.17, 15) is 0 Å². The Hall–Kier alpha value is -0.300. The molecule has 1 heterocycles. The molecule has 0 aromatic heterocycles. The minimum Gasteiger partial charge on any atom is -0.356 e. The zero-order chi connectivity index (χ0) is 14.8. The van der Waals surface area contributed by atoms with E-state index in [0.717, 1.165) is 37.8 Å². The predicted molar refractivity (Wildman–Crippen MR) is 104 cm³/mol. The minimum atomic E-state index is 0. The van der Waals surface area contributed by atoms with Gasteiger partial charge in [0.2, 0.25) is 0 Å². The van der Waals surface area contributed by atoms with Crippen molar-refractivity contribution in [3.05, 3.63) is 12.7 Å². The topological polar surface area (TPSA) is 30.9 Å². The monoisotopic (exact) mass is 408 g/mol. The fourth-order valence-electron chi connectivity index (χ4n) is 2.80. The van der Waals surface area contributed by atoms with E-state index in [1.165, 1.54) is 32.5 Å². The number of hydrogen-bond donors (Lipinski definition) is 1. The summed E-state index contributed by atoms with van der Waals surface area (Å²) in [6, 6.07) is 0. The standard InChI is InChI=1S/C16H32N4.HI/c1-5-7-8-11-19(4)16(17-3)18-13-15-9-12-20(14-15)10-6-2;/h5,15H,1,6-14H2,2-4H3,(H,17,18);1H. The lowest BCUT2D eigenvalue weighted by atomic mass is 10.1. The minimum absolute atomic E-state index is 0. The van der Waals surface area contributed by atoms with E-state index in [0.29, 0.717) is 0 Å². The van der Waals surface area contributed by atoms with Crippen LogP contribution < -0.4 is 5.32 Å². The summed E-state index contributed by atoms with van der Waals surface area (Å²) in [7, 11) is 3.97. The molecule has 1 N–H and O–H groups in total. The number of nitrogens with one attached hydrogen (secondary N) is 1. The summed E-state index contributed by atoms with van der Waals surface area (Å²) in [4.78, 5) is 9.16. The normalized spacial score (nSPS) is 19.2. The molecule has 1 atom stereocenters. The molecule has 1 rings (SSSR count). The molecule has 1 saturated heterocycles. The lowest BCUT2D eigenvalue weighted by Gasteiger charge is -2.23. The molecule has 21 heavy (non-hydrogen) atoms. The van der Waals surface area contributed by atoms with Crippen molar-refractivity contribution in [3.63, 3.8) is 0 Å². The number of halogens is 1. The number of guanidine groups is 1. The van der Waals surface area contributed by atoms with Crippen molar-refractivity contribution < 1.29 is 0 Å². The number of nitrogens with zero attached hydrogens (tertiary/aromatic N) is 3. The third-order valence-electron chi connectivity index (χ3n) is 3.93. The van der Waals surface area contributed by atoms with Gasteiger partial charge in [-0.05, 0) is 44.7 Å². The second-order valence-electron chi connectivity index (χ2n) is 5.74. The van der Waals surface area contributed by atoms with Crippen molar-refractivity contribution in [2.24, 2.45) is 10.9 Å². The Morgan fingerprint density at radius 3 is 2.90 bits per heavy atom. The Morgan fingerprint density at radius 1 is 1.52 bits per heavy atom. The number of rotatable bonds is 8. The predicted octanol–water partition coefficient (Wildman–Crippen LogP) is 2.81. The average Bonchev–Trinajstić information content (AvgIpc) is 2.88. The van der Waals surface area contributed by atoms with Gasteiger partial charge in [-0.25, -0.2) is 0 Å². The van der Waals surface area contributed by atoms with Gasteiger partial charge in [-0.3, -0.25) is 4.99 Å². The molecule has 4 nitrogen and oxygen atoms in total. The molecule has 0 radical (unpaired) electrons. The summed E-state index contributed by atoms with van der Waals surface area (Å²) >= 11 is 0. The molecule has 0 spiro atoms. The van der Waals surface area contributed by atoms with E-state index in [4.69, 9.17) is 0 Å². The molecule has 5 heteroatoms. The number of allylic oxidation sites excluding steroid dienone is 1. The number of unbranched alkanes of at least 4 members (excludes halogenated alkanes) is 1. The second kappa shape index (κ2) is 12.3. The highest BCUT2D eigenvalue weighted by atomic mass is 127. The van der Waals surface area contributed by atoms with Crippen molar-refractivity contribution in [1.29, 1.82) is 0 Å². The lowest BCUT2D eigenvalue weighted by Crippen LogP contribution is -2.41. The molecular formula is C16H33IN4. The molecule has 1 fully saturated rings. The molecule has 1 aliphatic heterocycles. The summed E-state index contributed by atoms with van der Waals surface area (Å²) < 4.78 is 0. The molecule has 1 unspecified atom stereocenters. The van der Waals surface area contributed by atoms with Gasteiger partial charge in [-0.2, -0.15) is 0 Å². The van der Waals surface area contributed by atoms with Gasteiger partial charge in [0.1, 0.15) is 0 Å². The number of hydrogen-bond acceptors (Lipinski definition) is 2. The largest absolute Gasteiger partial charge is 0.356 e. The molecule has 0 aliphatic carbocycles. The van der Waals surface area contributed by atoms with Crippen LogP contribution in [0.25, 0.3) is 0 Å². The van der Waals surface area contributed by atoms with Crippen LogP contribution in [0.1, 0.15) is 32.6 Å². The Bertz CT molecular complexity index is 307. The Morgan fingerprint density at radius 2 is 2.29 bits per heavy atom. The maximum atomic E-state index is 4.38. The quantitative estimate of drug-likeness (QED) is 0.220. The summed E-state index contributed by atoms with van der Waals surface area (Å²) in [6.45, 7) is 11.8. The first-order valence-corrected chi connectivity index (χ1v) is 7.96. The molecule has 0 saturated carbocycles. The first kappa shape index (κ1) is 20.7. The van der Waals surface area contributed by atoms with Gasteiger partial charge in [-0.15, -0.1) is 30.6 Å². The Labute approximate surface area is 148 Å². The smallest absolute Gasteiger partial charge is 0.193 e. The van der Waals surface area contributed by atoms with E-state index in [1.54, 1.807) is 0 Å². The van der Waals surface area contributed by atoms with Crippen LogP contribution in [0.3, 0.4) is 0 Å². The van der Waals surface area contributed by atoms with E-state index >= 15 is 0 Å². The third kappa shape index (κ3) is 8.04. The van der Waals surface area contributed by atoms with Crippen molar-refractivity contribution in [2.45, 2.75) is 32.6 Å². The van der Waals surface area contributed by atoms with Gasteiger partial charge in [0, 0.05) is 33.7 Å². The number of aliphatic imine (C=N–C) groups is 1. The van der Waals surface area contributed by atoms with Gasteiger partial charge in [0.15, 0.2) is 5.96 Å². The van der Waals surface area contributed by atoms with E-state index in [2.05, 4.69) is 40.7 Å². The van der Waals surface area contributed by atoms with Crippen molar-refractivity contribution >= 4 is 29.9 Å². The van der Waals surface area contributed by atoms with Gasteiger partial charge < -0.3 is 15.1 Å². The van der Waals surface area contributed by atoms with Crippen molar-refractivity contribution in [1.82, 2.24) is 15.1 Å². The van der Waals surface area contributed by atoms with Gasteiger partial charge in [0.05, 0.1) is 0 Å². The molecule has 0 bridgehead atoms. The highest BCUT2D eigenvalue weighted by Crippen LogP contribution is 2.15. The fourth-order valence-corrected chi connectivity index (χ4v) is 2.80. The van der Waals surface area contributed by atoms with Gasteiger partial charge in [0.25, 0.3) is 0 Å². The van der Waals surface area contributed by atoms with Crippen LogP contribution in [0.2, 0.25) is 0 Å². The molecular weight excluding hydrogens is 375 g/mol. The first-order chi connectivity index (χ1) is 9.71. The van der Waals surface area contributed by atoms with Crippen molar-refractivity contribution in [2.75, 3.05) is 46.8 Å². The third-order valence-corrected chi connectivity index (χ3v) is 3.93. The zero-order valence-electron chi connectivity index (χ0n) is 14.0. The van der Waals surface area contributed by atoms with E-state index in [1.807, 2.05) is 13.1 Å². The van der Waals surface area contributed by atoms with Gasteiger partial charge in [-0.1, -0.05) is 13.0 Å². The summed E-state index contributed by atoms with van der Waals surface area (Å²) in [6.07, 6.45) is 6.74. The van der Waals surface area contributed by atoms with E-state index < -0.39 is 0 Å². The highest BCUT2D eigenvalue weighted by molar-refractivity contribution is 14.0. The maximum absolute atomic E-state index is 4.38. The lowest BCUT2D eigenvalue weighted by molar-refractivity contribution is 0.324. The van der Waals surface area contributed by atoms with Crippen LogP contribution in [-0.4, -0.2) is 62.6 Å². The first-order valence-electron chi connectivity index (χ1n) is 7.96. The number of likely N-dealkylation sites (tertiary alicyclic amines) is 1. The molecule has 0 aromatic carbocycles. The van der Waals surface area contributed by atoms with E-state index in [-0.39, 0.29) is 24.0 Å². The molecule has 0 amide bonds. The van der Waals surface area contributed by atoms with Crippen LogP contribution in [0.4, 0.5) is 0 Å². The average molecular weight is 408 g/mol. The summed E-state index contributed by atoms with van der Waals surface area (Å²) in [5.41, 5.74) is 0. The van der Waals surface area contributed by atoms with Crippen LogP contribution in [0.5, 0.6) is 0 Å². The molecule has 124 valence electrons. The SMILES string of the molecule is C=CCCCN(C)C(=NC)NCC1CCN(CCC)C1.I. The van der Waals surface area contributed by atoms with Crippen molar-refractivity contribution in [3.8, 4) is 0 Å². The zero-order valence-corrected chi connectivity index (χ0v) is 16.3. The fraction of sp³-hybridized carbons (Fsp3) is 0.812. The van der Waals surface area contributed by atoms with Gasteiger partial charge >= 0.3 is 0 Å². The summed E-state index contributed by atoms with van der Waals surface area (Å²) in [5, 5.41) is 3.52.